The van der Waals surface area contributed by atoms with Crippen LogP contribution in [-0.2, 0) is 33.4 Å². The summed E-state index contributed by atoms with van der Waals surface area (Å²) in [7, 11) is 1.51. The van der Waals surface area contributed by atoms with Crippen LogP contribution < -0.4 is 20.0 Å². The van der Waals surface area contributed by atoms with Crippen LogP contribution in [0.5, 0.6) is 5.75 Å². The number of aliphatic hydroxyl groups is 1. The SMILES string of the molecule is CCOC(=O)CC(=COC(C)=O)N(C(C)=O)N1C(=O)[C@@H](NC(=O)c2cc(C)c(OC)c(C)c2)CN(C(=O)CO)c2ccccc21. The fourth-order valence-corrected chi connectivity index (χ4v) is 4.93. The van der Waals surface area contributed by atoms with Crippen molar-refractivity contribution in [3.63, 3.8) is 0 Å². The number of anilines is 2. The summed E-state index contributed by atoms with van der Waals surface area (Å²) in [5, 5.41) is 14.2. The highest BCUT2D eigenvalue weighted by Gasteiger charge is 2.41. The molecule has 45 heavy (non-hydrogen) atoms. The van der Waals surface area contributed by atoms with Crippen LogP contribution in [0.1, 0.15) is 48.7 Å². The molecule has 14 nitrogen and oxygen atoms in total. The first-order valence-corrected chi connectivity index (χ1v) is 14.0. The van der Waals surface area contributed by atoms with Crippen molar-refractivity contribution in [1.82, 2.24) is 10.3 Å². The third kappa shape index (κ3) is 7.84. The fourth-order valence-electron chi connectivity index (χ4n) is 4.93. The Morgan fingerprint density at radius 1 is 1.07 bits per heavy atom. The molecule has 2 aromatic rings. The van der Waals surface area contributed by atoms with Crippen LogP contribution in [0.25, 0.3) is 0 Å². The Kier molecular flexibility index (Phi) is 11.4. The number of hydrogen-bond donors (Lipinski definition) is 2. The molecule has 1 atom stereocenters. The zero-order chi connectivity index (χ0) is 33.4. The van der Waals surface area contributed by atoms with Crippen molar-refractivity contribution >= 4 is 46.9 Å². The number of aryl methyl sites for hydroxylation is 2. The molecule has 0 spiro atoms. The van der Waals surface area contributed by atoms with Gasteiger partial charge in [0.2, 0.25) is 5.91 Å². The van der Waals surface area contributed by atoms with Crippen LogP contribution in [0, 0.1) is 13.8 Å². The molecule has 1 aliphatic rings. The summed E-state index contributed by atoms with van der Waals surface area (Å²) < 4.78 is 15.4. The maximum Gasteiger partial charge on any atom is 0.311 e. The molecule has 0 saturated heterocycles. The summed E-state index contributed by atoms with van der Waals surface area (Å²) in [6.45, 7) is 5.99. The Hall–Kier alpha value is -5.24. The van der Waals surface area contributed by atoms with Crippen LogP contribution in [0.4, 0.5) is 11.4 Å². The van der Waals surface area contributed by atoms with E-state index >= 15 is 0 Å². The molecule has 2 aromatic carbocycles. The number of carbonyl (C=O) groups excluding carboxylic acids is 6. The van der Waals surface area contributed by atoms with Gasteiger partial charge in [-0.3, -0.25) is 28.8 Å². The van der Waals surface area contributed by atoms with Crippen LogP contribution in [0.3, 0.4) is 0 Å². The number of amides is 4. The molecule has 240 valence electrons. The van der Waals surface area contributed by atoms with Crippen molar-refractivity contribution in [3.05, 3.63) is 65.0 Å². The van der Waals surface area contributed by atoms with E-state index < -0.39 is 61.2 Å². The molecular formula is C31H36N4O10. The third-order valence-corrected chi connectivity index (χ3v) is 6.70. The lowest BCUT2D eigenvalue weighted by atomic mass is 10.0. The molecule has 1 heterocycles. The Morgan fingerprint density at radius 3 is 2.22 bits per heavy atom. The van der Waals surface area contributed by atoms with E-state index in [9.17, 15) is 33.9 Å². The van der Waals surface area contributed by atoms with Crippen molar-refractivity contribution < 1.29 is 48.1 Å². The zero-order valence-electron chi connectivity index (χ0n) is 25.9. The molecule has 4 amide bonds. The molecule has 0 saturated carbocycles. The number of nitrogens with zero attached hydrogens (tertiary/aromatic N) is 3. The van der Waals surface area contributed by atoms with Crippen LogP contribution in [0.2, 0.25) is 0 Å². The van der Waals surface area contributed by atoms with Gasteiger partial charge in [0.05, 0.1) is 43.8 Å². The number of fused-ring (bicyclic) bond motifs is 1. The minimum atomic E-state index is -1.47. The van der Waals surface area contributed by atoms with E-state index in [2.05, 4.69) is 5.32 Å². The van der Waals surface area contributed by atoms with Crippen LogP contribution in [0.15, 0.2) is 48.4 Å². The Balaban J connectivity index is 2.21. The van der Waals surface area contributed by atoms with E-state index in [0.29, 0.717) is 16.9 Å². The predicted molar refractivity (Wildman–Crippen MR) is 161 cm³/mol. The lowest BCUT2D eigenvalue weighted by Gasteiger charge is -2.36. The van der Waals surface area contributed by atoms with Gasteiger partial charge < -0.3 is 29.5 Å². The summed E-state index contributed by atoms with van der Waals surface area (Å²) >= 11 is 0. The average Bonchev–Trinajstić information content (AvgIpc) is 3.10. The highest BCUT2D eigenvalue weighted by molar-refractivity contribution is 6.10. The largest absolute Gasteiger partial charge is 0.496 e. The Labute approximate surface area is 260 Å². The van der Waals surface area contributed by atoms with Crippen LogP contribution in [-0.4, -0.2) is 78.6 Å². The van der Waals surface area contributed by atoms with Gasteiger partial charge >= 0.3 is 11.9 Å². The van der Waals surface area contributed by atoms with Crippen molar-refractivity contribution in [2.45, 2.75) is 47.1 Å². The van der Waals surface area contributed by atoms with E-state index in [0.717, 1.165) is 35.0 Å². The van der Waals surface area contributed by atoms with Gasteiger partial charge in [-0.05, 0) is 56.2 Å². The first-order chi connectivity index (χ1) is 21.3. The number of benzene rings is 2. The van der Waals surface area contributed by atoms with Crippen molar-refractivity contribution in [1.29, 1.82) is 0 Å². The van der Waals surface area contributed by atoms with Gasteiger partial charge in [0.25, 0.3) is 17.7 Å². The highest BCUT2D eigenvalue weighted by Crippen LogP contribution is 2.36. The summed E-state index contributed by atoms with van der Waals surface area (Å²) in [5.74, 6) is -4.08. The predicted octanol–water partition coefficient (Wildman–Crippen LogP) is 1.90. The average molecular weight is 625 g/mol. The van der Waals surface area contributed by atoms with Crippen molar-refractivity contribution in [3.8, 4) is 5.75 Å². The second-order valence-corrected chi connectivity index (χ2v) is 10.0. The van der Waals surface area contributed by atoms with Gasteiger partial charge in [0.15, 0.2) is 0 Å². The number of ether oxygens (including phenoxy) is 3. The molecule has 0 unspecified atom stereocenters. The number of esters is 2. The number of para-hydroxylation sites is 2. The minimum absolute atomic E-state index is 0.00460. The van der Waals surface area contributed by atoms with Gasteiger partial charge in [-0.25, -0.2) is 10.0 Å². The number of carbonyl (C=O) groups is 6. The molecule has 14 heteroatoms. The topological polar surface area (TPSA) is 172 Å². The second kappa shape index (κ2) is 15.0. The lowest BCUT2D eigenvalue weighted by Crippen LogP contribution is -2.58. The molecule has 2 N–H and O–H groups in total. The smallest absolute Gasteiger partial charge is 0.311 e. The maximum absolute atomic E-state index is 14.4. The zero-order valence-corrected chi connectivity index (χ0v) is 25.9. The quantitative estimate of drug-likeness (QED) is 0.294. The summed E-state index contributed by atoms with van der Waals surface area (Å²) in [6.07, 6.45) is 0.266. The molecular weight excluding hydrogens is 588 g/mol. The van der Waals surface area contributed by atoms with E-state index in [1.807, 2.05) is 0 Å². The highest BCUT2D eigenvalue weighted by atomic mass is 16.5. The number of methoxy groups -OCH3 is 1. The normalized spacial score (nSPS) is 14.6. The van der Waals surface area contributed by atoms with Crippen LogP contribution >= 0.6 is 0 Å². The monoisotopic (exact) mass is 624 g/mol. The van der Waals surface area contributed by atoms with Gasteiger partial charge in [0, 0.05) is 19.4 Å². The lowest BCUT2D eigenvalue weighted by molar-refractivity contribution is -0.144. The van der Waals surface area contributed by atoms with E-state index in [4.69, 9.17) is 14.2 Å². The van der Waals surface area contributed by atoms with Gasteiger partial charge in [-0.1, -0.05) is 12.1 Å². The molecule has 3 rings (SSSR count). The maximum atomic E-state index is 14.4. The summed E-state index contributed by atoms with van der Waals surface area (Å²) in [6, 6.07) is 7.73. The number of hydrazine groups is 1. The van der Waals surface area contributed by atoms with E-state index in [1.54, 1.807) is 45.0 Å². The van der Waals surface area contributed by atoms with Gasteiger partial charge in [-0.2, -0.15) is 0 Å². The fraction of sp³-hybridized carbons (Fsp3) is 0.355. The van der Waals surface area contributed by atoms with Crippen molar-refractivity contribution in [2.24, 2.45) is 0 Å². The number of nitrogens with one attached hydrogen (secondary N) is 1. The molecule has 0 radical (unpaired) electrons. The van der Waals surface area contributed by atoms with E-state index in [-0.39, 0.29) is 29.2 Å². The second-order valence-electron chi connectivity index (χ2n) is 10.0. The van der Waals surface area contributed by atoms with Gasteiger partial charge in [0.1, 0.15) is 24.7 Å². The Bertz CT molecular complexity index is 1510. The summed E-state index contributed by atoms with van der Waals surface area (Å²) in [4.78, 5) is 79.6. The molecule has 1 aliphatic heterocycles. The molecule has 0 aromatic heterocycles. The molecule has 0 bridgehead atoms. The number of hydrogen-bond acceptors (Lipinski definition) is 10. The number of aliphatic hydroxyl groups excluding tert-OH is 1. The third-order valence-electron chi connectivity index (χ3n) is 6.70. The van der Waals surface area contributed by atoms with E-state index in [1.165, 1.54) is 19.2 Å². The molecule has 0 fully saturated rings. The van der Waals surface area contributed by atoms with Crippen molar-refractivity contribution in [2.75, 3.05) is 36.8 Å². The standard InChI is InChI=1S/C31H36N4O10/c1-7-44-28(40)14-23(17-45-21(5)38)34(20(4)37)35-26-11-9-8-10-25(26)33(27(39)16-36)15-24(31(35)42)32-30(41)22-12-18(2)29(43-6)19(3)13-22/h8-13,17,24,36H,7,14-16H2,1-6H3,(H,32,41)/t24-/m0/s1. The molecule has 0 aliphatic carbocycles. The summed E-state index contributed by atoms with van der Waals surface area (Å²) in [5.41, 5.74) is 1.42. The first-order valence-electron chi connectivity index (χ1n) is 14.0. The van der Waals surface area contributed by atoms with Gasteiger partial charge in [-0.15, -0.1) is 0 Å². The first kappa shape index (κ1) is 34.3. The minimum Gasteiger partial charge on any atom is -0.496 e. The Morgan fingerprint density at radius 2 is 1.69 bits per heavy atom. The number of rotatable bonds is 10.